The van der Waals surface area contributed by atoms with Crippen molar-refractivity contribution in [3.8, 4) is 5.75 Å². The lowest BCUT2D eigenvalue weighted by Crippen LogP contribution is -2.05. The summed E-state index contributed by atoms with van der Waals surface area (Å²) in [6.07, 6.45) is 1.83. The number of benzene rings is 1. The smallest absolute Gasteiger partial charge is 0.339 e. The minimum Gasteiger partial charge on any atom is -0.497 e. The van der Waals surface area contributed by atoms with Gasteiger partial charge in [-0.15, -0.1) is 11.3 Å². The summed E-state index contributed by atoms with van der Waals surface area (Å²) in [5, 5.41) is 1.94. The van der Waals surface area contributed by atoms with Crippen molar-refractivity contribution in [2.75, 3.05) is 13.7 Å². The minimum absolute atomic E-state index is 0.308. The molecule has 0 saturated carbocycles. The molecule has 0 unspecified atom stereocenters. The van der Waals surface area contributed by atoms with Crippen molar-refractivity contribution in [1.29, 1.82) is 0 Å². The lowest BCUT2D eigenvalue weighted by molar-refractivity contribution is -0.136. The zero-order chi connectivity index (χ0) is 14.4. The Bertz CT molecular complexity index is 600. The van der Waals surface area contributed by atoms with Gasteiger partial charge >= 0.3 is 5.97 Å². The first kappa shape index (κ1) is 14.3. The predicted octanol–water partition coefficient (Wildman–Crippen LogP) is 3.86. The summed E-state index contributed by atoms with van der Waals surface area (Å²) in [5.74, 6) is 0.450. The second kappa shape index (κ2) is 6.91. The van der Waals surface area contributed by atoms with E-state index < -0.39 is 0 Å². The van der Waals surface area contributed by atoms with Crippen LogP contribution in [0.3, 0.4) is 0 Å². The van der Waals surface area contributed by atoms with Crippen molar-refractivity contribution in [1.82, 2.24) is 0 Å². The van der Waals surface area contributed by atoms with E-state index in [1.54, 1.807) is 14.0 Å². The molecule has 1 aromatic heterocycles. The maximum Gasteiger partial charge on any atom is 0.339 e. The molecule has 0 N–H and O–H groups in total. The average molecular weight is 288 g/mol. The highest BCUT2D eigenvalue weighted by Crippen LogP contribution is 2.25. The zero-order valence-corrected chi connectivity index (χ0v) is 12.3. The van der Waals surface area contributed by atoms with E-state index in [2.05, 4.69) is 0 Å². The van der Waals surface area contributed by atoms with Gasteiger partial charge < -0.3 is 9.47 Å². The molecule has 4 heteroatoms. The zero-order valence-electron chi connectivity index (χ0n) is 11.5. The summed E-state index contributed by atoms with van der Waals surface area (Å²) >= 11 is 1.51. The van der Waals surface area contributed by atoms with Crippen LogP contribution in [-0.2, 0) is 9.53 Å². The SMILES string of the molecule is CCOC(=O)C(=Cc1cccc(OC)c1)c1cccs1. The van der Waals surface area contributed by atoms with Crippen molar-refractivity contribution in [2.24, 2.45) is 0 Å². The number of esters is 1. The fourth-order valence-electron chi connectivity index (χ4n) is 1.77. The first-order chi connectivity index (χ1) is 9.74. The van der Waals surface area contributed by atoms with Gasteiger partial charge in [-0.1, -0.05) is 18.2 Å². The molecule has 0 atom stereocenters. The Hall–Kier alpha value is -2.07. The molecule has 0 amide bonds. The molecule has 0 spiro atoms. The van der Waals surface area contributed by atoms with Gasteiger partial charge in [0, 0.05) is 4.88 Å². The van der Waals surface area contributed by atoms with Gasteiger partial charge in [0.25, 0.3) is 0 Å². The molecule has 0 aliphatic carbocycles. The molecule has 20 heavy (non-hydrogen) atoms. The van der Waals surface area contributed by atoms with Gasteiger partial charge in [-0.3, -0.25) is 0 Å². The van der Waals surface area contributed by atoms with Crippen LogP contribution in [0.15, 0.2) is 41.8 Å². The summed E-state index contributed by atoms with van der Waals surface area (Å²) in [7, 11) is 1.62. The average Bonchev–Trinajstić information content (AvgIpc) is 2.99. The molecule has 0 aliphatic rings. The molecule has 1 heterocycles. The summed E-state index contributed by atoms with van der Waals surface area (Å²) in [6, 6.07) is 11.4. The number of carbonyl (C=O) groups excluding carboxylic acids is 1. The van der Waals surface area contributed by atoms with Crippen LogP contribution in [0, 0.1) is 0 Å². The van der Waals surface area contributed by atoms with Gasteiger partial charge in [-0.25, -0.2) is 4.79 Å². The van der Waals surface area contributed by atoms with Crippen LogP contribution in [-0.4, -0.2) is 19.7 Å². The van der Waals surface area contributed by atoms with E-state index in [4.69, 9.17) is 9.47 Å². The van der Waals surface area contributed by atoms with Gasteiger partial charge in [0.2, 0.25) is 0 Å². The molecule has 0 bridgehead atoms. The molecule has 2 rings (SSSR count). The van der Waals surface area contributed by atoms with E-state index in [9.17, 15) is 4.79 Å². The molecule has 1 aromatic carbocycles. The lowest BCUT2D eigenvalue weighted by Gasteiger charge is -2.06. The van der Waals surface area contributed by atoms with E-state index in [1.165, 1.54) is 11.3 Å². The van der Waals surface area contributed by atoms with Crippen LogP contribution < -0.4 is 4.74 Å². The Morgan fingerprint density at radius 3 is 2.80 bits per heavy atom. The standard InChI is InChI=1S/C16H16O3S/c1-3-19-16(17)14(15-8-5-9-20-15)11-12-6-4-7-13(10-12)18-2/h4-11H,3H2,1-2H3. The predicted molar refractivity (Wildman–Crippen MR) is 81.8 cm³/mol. The number of thiophene rings is 1. The molecule has 0 aliphatic heterocycles. The van der Waals surface area contributed by atoms with Crippen molar-refractivity contribution in [2.45, 2.75) is 6.92 Å². The fourth-order valence-corrected chi connectivity index (χ4v) is 2.50. The Morgan fingerprint density at radius 1 is 1.30 bits per heavy atom. The Morgan fingerprint density at radius 2 is 2.15 bits per heavy atom. The van der Waals surface area contributed by atoms with E-state index >= 15 is 0 Å². The fraction of sp³-hybridized carbons (Fsp3) is 0.188. The van der Waals surface area contributed by atoms with Crippen molar-refractivity contribution >= 4 is 29.0 Å². The minimum atomic E-state index is -0.308. The third-order valence-electron chi connectivity index (χ3n) is 2.69. The molecule has 2 aromatic rings. The molecule has 0 saturated heterocycles. The number of carbonyl (C=O) groups is 1. The second-order valence-corrected chi connectivity index (χ2v) is 4.98. The molecular weight excluding hydrogens is 272 g/mol. The van der Waals surface area contributed by atoms with Crippen LogP contribution in [0.1, 0.15) is 17.4 Å². The Balaban J connectivity index is 2.39. The normalized spacial score (nSPS) is 11.2. The third-order valence-corrected chi connectivity index (χ3v) is 3.59. The quantitative estimate of drug-likeness (QED) is 0.619. The summed E-state index contributed by atoms with van der Waals surface area (Å²) in [4.78, 5) is 13.0. The molecule has 0 fully saturated rings. The Kier molecular flexibility index (Phi) is 4.96. The first-order valence-corrected chi connectivity index (χ1v) is 7.19. The van der Waals surface area contributed by atoms with E-state index in [0.717, 1.165) is 16.2 Å². The monoisotopic (exact) mass is 288 g/mol. The molecule has 0 radical (unpaired) electrons. The number of hydrogen-bond donors (Lipinski definition) is 0. The number of rotatable bonds is 5. The van der Waals surface area contributed by atoms with Crippen molar-refractivity contribution in [3.05, 3.63) is 52.2 Å². The highest BCUT2D eigenvalue weighted by atomic mass is 32.1. The lowest BCUT2D eigenvalue weighted by atomic mass is 10.1. The Labute approximate surface area is 122 Å². The van der Waals surface area contributed by atoms with Crippen LogP contribution in [0.5, 0.6) is 5.75 Å². The summed E-state index contributed by atoms with van der Waals surface area (Å²) < 4.78 is 10.3. The number of methoxy groups -OCH3 is 1. The van der Waals surface area contributed by atoms with Crippen LogP contribution in [0.2, 0.25) is 0 Å². The summed E-state index contributed by atoms with van der Waals surface area (Å²) in [6.45, 7) is 2.16. The molecule has 3 nitrogen and oxygen atoms in total. The van der Waals surface area contributed by atoms with E-state index in [1.807, 2.05) is 47.9 Å². The molecule has 104 valence electrons. The third kappa shape index (κ3) is 3.48. The number of ether oxygens (including phenoxy) is 2. The number of hydrogen-bond acceptors (Lipinski definition) is 4. The van der Waals surface area contributed by atoms with Gasteiger partial charge in [-0.05, 0) is 42.1 Å². The van der Waals surface area contributed by atoms with Gasteiger partial charge in [0.05, 0.1) is 19.3 Å². The second-order valence-electron chi connectivity index (χ2n) is 4.03. The largest absolute Gasteiger partial charge is 0.497 e. The maximum absolute atomic E-state index is 12.1. The van der Waals surface area contributed by atoms with Gasteiger partial charge in [0.1, 0.15) is 5.75 Å². The van der Waals surface area contributed by atoms with Crippen molar-refractivity contribution in [3.63, 3.8) is 0 Å². The highest BCUT2D eigenvalue weighted by molar-refractivity contribution is 7.11. The van der Waals surface area contributed by atoms with Gasteiger partial charge in [-0.2, -0.15) is 0 Å². The van der Waals surface area contributed by atoms with Crippen LogP contribution in [0.4, 0.5) is 0 Å². The topological polar surface area (TPSA) is 35.5 Å². The van der Waals surface area contributed by atoms with Crippen LogP contribution >= 0.6 is 11.3 Å². The van der Waals surface area contributed by atoms with Gasteiger partial charge in [0.15, 0.2) is 0 Å². The maximum atomic E-state index is 12.1. The van der Waals surface area contributed by atoms with E-state index in [0.29, 0.717) is 12.2 Å². The van der Waals surface area contributed by atoms with Crippen LogP contribution in [0.25, 0.3) is 11.6 Å². The first-order valence-electron chi connectivity index (χ1n) is 6.31. The molecular formula is C16H16O3S. The van der Waals surface area contributed by atoms with E-state index in [-0.39, 0.29) is 5.97 Å². The highest BCUT2D eigenvalue weighted by Gasteiger charge is 2.14. The van der Waals surface area contributed by atoms with Crippen molar-refractivity contribution < 1.29 is 14.3 Å². The summed E-state index contributed by atoms with van der Waals surface area (Å²) in [5.41, 5.74) is 1.47.